The van der Waals surface area contributed by atoms with Gasteiger partial charge in [-0.05, 0) is 42.5 Å². The van der Waals surface area contributed by atoms with Gasteiger partial charge in [0.15, 0.2) is 0 Å². The zero-order chi connectivity index (χ0) is 21.1. The van der Waals surface area contributed by atoms with Crippen molar-refractivity contribution in [2.75, 3.05) is 19.5 Å². The maximum Gasteiger partial charge on any atom is 0.265 e. The molecule has 0 spiro atoms. The summed E-state index contributed by atoms with van der Waals surface area (Å²) >= 11 is 0. The van der Waals surface area contributed by atoms with E-state index in [0.717, 1.165) is 5.69 Å². The van der Waals surface area contributed by atoms with Gasteiger partial charge in [0.1, 0.15) is 17.8 Å². The van der Waals surface area contributed by atoms with Gasteiger partial charge >= 0.3 is 0 Å². The van der Waals surface area contributed by atoms with E-state index >= 15 is 0 Å². The number of amides is 1. The SMILES string of the molecule is COc1ccc(NC(=O)c2ccc3c(=O)n(-c4ccccc4)cnc3c2)c(OC)c1. The van der Waals surface area contributed by atoms with E-state index in [0.29, 0.717) is 33.7 Å². The van der Waals surface area contributed by atoms with Crippen LogP contribution < -0.4 is 20.3 Å². The Kier molecular flexibility index (Phi) is 5.17. The first kappa shape index (κ1) is 19.2. The monoisotopic (exact) mass is 401 g/mol. The highest BCUT2D eigenvalue weighted by Gasteiger charge is 2.13. The van der Waals surface area contributed by atoms with E-state index in [-0.39, 0.29) is 11.5 Å². The first-order valence-corrected chi connectivity index (χ1v) is 9.21. The van der Waals surface area contributed by atoms with Crippen LogP contribution in [0.1, 0.15) is 10.4 Å². The molecule has 0 unspecified atom stereocenters. The summed E-state index contributed by atoms with van der Waals surface area (Å²) in [4.78, 5) is 30.0. The summed E-state index contributed by atoms with van der Waals surface area (Å²) in [6.07, 6.45) is 1.47. The summed E-state index contributed by atoms with van der Waals surface area (Å²) in [6, 6.07) is 19.2. The van der Waals surface area contributed by atoms with Crippen molar-refractivity contribution < 1.29 is 14.3 Å². The molecule has 4 rings (SSSR count). The minimum absolute atomic E-state index is 0.199. The van der Waals surface area contributed by atoms with E-state index in [9.17, 15) is 9.59 Å². The van der Waals surface area contributed by atoms with Crippen LogP contribution in [0.5, 0.6) is 11.5 Å². The number of benzene rings is 3. The van der Waals surface area contributed by atoms with Crippen molar-refractivity contribution in [1.29, 1.82) is 0 Å². The Morgan fingerprint density at radius 3 is 2.50 bits per heavy atom. The van der Waals surface area contributed by atoms with Crippen molar-refractivity contribution >= 4 is 22.5 Å². The number of carbonyl (C=O) groups excluding carboxylic acids is 1. The summed E-state index contributed by atoms with van der Waals surface area (Å²) in [5, 5.41) is 3.25. The number of methoxy groups -OCH3 is 2. The van der Waals surface area contributed by atoms with Crippen LogP contribution in [0, 0.1) is 0 Å². The number of aromatic nitrogens is 2. The van der Waals surface area contributed by atoms with E-state index in [1.54, 1.807) is 43.5 Å². The molecule has 0 aliphatic heterocycles. The predicted molar refractivity (Wildman–Crippen MR) is 115 cm³/mol. The minimum Gasteiger partial charge on any atom is -0.497 e. The number of ether oxygens (including phenoxy) is 2. The number of fused-ring (bicyclic) bond motifs is 1. The van der Waals surface area contributed by atoms with E-state index in [4.69, 9.17) is 9.47 Å². The number of hydrogen-bond donors (Lipinski definition) is 1. The van der Waals surface area contributed by atoms with E-state index < -0.39 is 0 Å². The third-order valence-corrected chi connectivity index (χ3v) is 4.71. The normalized spacial score (nSPS) is 10.6. The van der Waals surface area contributed by atoms with Gasteiger partial charge in [0, 0.05) is 11.6 Å². The second-order valence-electron chi connectivity index (χ2n) is 6.51. The fourth-order valence-corrected chi connectivity index (χ4v) is 3.13. The van der Waals surface area contributed by atoms with Crippen LogP contribution in [0.25, 0.3) is 16.6 Å². The molecule has 150 valence electrons. The maximum absolute atomic E-state index is 12.8. The van der Waals surface area contributed by atoms with Crippen LogP contribution in [0.4, 0.5) is 5.69 Å². The molecule has 0 saturated carbocycles. The molecular weight excluding hydrogens is 382 g/mol. The number of hydrogen-bond acceptors (Lipinski definition) is 5. The Labute approximate surface area is 172 Å². The van der Waals surface area contributed by atoms with E-state index in [1.807, 2.05) is 30.3 Å². The number of para-hydroxylation sites is 1. The highest BCUT2D eigenvalue weighted by molar-refractivity contribution is 6.06. The predicted octanol–water partition coefficient (Wildman–Crippen LogP) is 3.66. The lowest BCUT2D eigenvalue weighted by Crippen LogP contribution is -2.19. The van der Waals surface area contributed by atoms with Crippen molar-refractivity contribution in [2.45, 2.75) is 0 Å². The highest BCUT2D eigenvalue weighted by Crippen LogP contribution is 2.29. The molecule has 7 nitrogen and oxygen atoms in total. The van der Waals surface area contributed by atoms with Gasteiger partial charge in [-0.1, -0.05) is 18.2 Å². The second kappa shape index (κ2) is 8.08. The van der Waals surface area contributed by atoms with Crippen molar-refractivity contribution in [3.63, 3.8) is 0 Å². The number of rotatable bonds is 5. The van der Waals surface area contributed by atoms with Crippen LogP contribution in [0.15, 0.2) is 77.9 Å². The lowest BCUT2D eigenvalue weighted by molar-refractivity contribution is 0.102. The van der Waals surface area contributed by atoms with Crippen LogP contribution in [0.3, 0.4) is 0 Å². The van der Waals surface area contributed by atoms with Crippen molar-refractivity contribution in [1.82, 2.24) is 9.55 Å². The topological polar surface area (TPSA) is 82.5 Å². The van der Waals surface area contributed by atoms with E-state index in [2.05, 4.69) is 10.3 Å². The van der Waals surface area contributed by atoms with Gasteiger partial charge in [-0.15, -0.1) is 0 Å². The molecule has 4 aromatic rings. The molecule has 0 fully saturated rings. The van der Waals surface area contributed by atoms with Gasteiger partial charge in [-0.2, -0.15) is 0 Å². The Bertz CT molecular complexity index is 1280. The third-order valence-electron chi connectivity index (χ3n) is 4.71. The minimum atomic E-state index is -0.339. The first-order valence-electron chi connectivity index (χ1n) is 9.21. The molecule has 30 heavy (non-hydrogen) atoms. The fraction of sp³-hybridized carbons (Fsp3) is 0.0870. The fourth-order valence-electron chi connectivity index (χ4n) is 3.13. The zero-order valence-corrected chi connectivity index (χ0v) is 16.5. The van der Waals surface area contributed by atoms with Gasteiger partial charge in [-0.3, -0.25) is 14.2 Å². The van der Waals surface area contributed by atoms with Gasteiger partial charge < -0.3 is 14.8 Å². The molecule has 0 saturated heterocycles. The van der Waals surface area contributed by atoms with Gasteiger partial charge in [0.2, 0.25) is 0 Å². The summed E-state index contributed by atoms with van der Waals surface area (Å²) in [6.45, 7) is 0. The number of anilines is 1. The average Bonchev–Trinajstić information content (AvgIpc) is 2.79. The molecule has 7 heteroatoms. The summed E-state index contributed by atoms with van der Waals surface area (Å²) in [5.74, 6) is 0.760. The molecule has 3 aromatic carbocycles. The zero-order valence-electron chi connectivity index (χ0n) is 16.5. The molecule has 0 aliphatic carbocycles. The highest BCUT2D eigenvalue weighted by atomic mass is 16.5. The van der Waals surface area contributed by atoms with E-state index in [1.165, 1.54) is 18.0 Å². The standard InChI is InChI=1S/C23H19N3O4/c1-29-17-9-11-19(21(13-17)30-2)25-22(27)15-8-10-18-20(12-15)24-14-26(23(18)28)16-6-4-3-5-7-16/h3-14H,1-2H3,(H,25,27). The Morgan fingerprint density at radius 1 is 0.967 bits per heavy atom. The lowest BCUT2D eigenvalue weighted by Gasteiger charge is -2.12. The Hall–Kier alpha value is -4.13. The first-order chi connectivity index (χ1) is 14.6. The molecule has 1 N–H and O–H groups in total. The molecule has 0 bridgehead atoms. The number of nitrogens with zero attached hydrogens (tertiary/aromatic N) is 2. The number of carbonyl (C=O) groups is 1. The van der Waals surface area contributed by atoms with Crippen molar-refractivity contribution in [2.24, 2.45) is 0 Å². The van der Waals surface area contributed by atoms with Gasteiger partial charge in [0.25, 0.3) is 11.5 Å². The lowest BCUT2D eigenvalue weighted by atomic mass is 10.1. The summed E-state index contributed by atoms with van der Waals surface area (Å²) in [5.41, 5.74) is 1.86. The van der Waals surface area contributed by atoms with Crippen LogP contribution >= 0.6 is 0 Å². The largest absolute Gasteiger partial charge is 0.497 e. The summed E-state index contributed by atoms with van der Waals surface area (Å²) < 4.78 is 12.0. The van der Waals surface area contributed by atoms with Gasteiger partial charge in [0.05, 0.1) is 36.5 Å². The molecular formula is C23H19N3O4. The van der Waals surface area contributed by atoms with Crippen LogP contribution in [-0.4, -0.2) is 29.7 Å². The molecule has 0 atom stereocenters. The van der Waals surface area contributed by atoms with Crippen molar-refractivity contribution in [3.05, 3.63) is 89.0 Å². The smallest absolute Gasteiger partial charge is 0.265 e. The van der Waals surface area contributed by atoms with Crippen LogP contribution in [-0.2, 0) is 0 Å². The Morgan fingerprint density at radius 2 is 1.77 bits per heavy atom. The quantitative estimate of drug-likeness (QED) is 0.552. The Balaban J connectivity index is 1.66. The maximum atomic E-state index is 12.8. The molecule has 1 aromatic heterocycles. The molecule has 1 heterocycles. The summed E-state index contributed by atoms with van der Waals surface area (Å²) in [7, 11) is 3.07. The molecule has 0 aliphatic rings. The third kappa shape index (κ3) is 3.60. The van der Waals surface area contributed by atoms with Gasteiger partial charge in [-0.25, -0.2) is 4.98 Å². The molecule has 0 radical (unpaired) electrons. The second-order valence-corrected chi connectivity index (χ2v) is 6.51. The molecule has 1 amide bonds. The van der Waals surface area contributed by atoms with Crippen LogP contribution in [0.2, 0.25) is 0 Å². The van der Waals surface area contributed by atoms with Crippen molar-refractivity contribution in [3.8, 4) is 17.2 Å². The number of nitrogens with one attached hydrogen (secondary N) is 1. The average molecular weight is 401 g/mol.